The predicted molar refractivity (Wildman–Crippen MR) is 118 cm³/mol. The van der Waals surface area contributed by atoms with Crippen molar-refractivity contribution in [1.82, 2.24) is 10.2 Å². The van der Waals surface area contributed by atoms with E-state index in [4.69, 9.17) is 13.9 Å². The largest absolute Gasteiger partial charge is 0.497 e. The highest BCUT2D eigenvalue weighted by molar-refractivity contribution is 5.79. The number of carbonyl (C=O) groups is 1. The third-order valence-electron chi connectivity index (χ3n) is 5.45. The molecule has 1 atom stereocenters. The second-order valence-electron chi connectivity index (χ2n) is 7.35. The van der Waals surface area contributed by atoms with Gasteiger partial charge in [0.15, 0.2) is 5.43 Å². The van der Waals surface area contributed by atoms with Crippen molar-refractivity contribution >= 4 is 16.9 Å². The Morgan fingerprint density at radius 2 is 1.84 bits per heavy atom. The van der Waals surface area contributed by atoms with Gasteiger partial charge in [-0.25, -0.2) is 0 Å². The van der Waals surface area contributed by atoms with E-state index >= 15 is 0 Å². The molecule has 0 radical (unpaired) electrons. The second kappa shape index (κ2) is 8.97. The molecule has 2 N–H and O–H groups in total. The van der Waals surface area contributed by atoms with Crippen molar-refractivity contribution in [3.63, 3.8) is 0 Å². The molecular weight excluding hydrogens is 412 g/mol. The minimum absolute atomic E-state index is 0.190. The van der Waals surface area contributed by atoms with Crippen LogP contribution in [0.25, 0.3) is 11.0 Å². The first kappa shape index (κ1) is 21.2. The molecular formula is C24H22N2O6. The van der Waals surface area contributed by atoms with Crippen molar-refractivity contribution in [3.8, 4) is 5.75 Å². The molecule has 0 aliphatic heterocycles. The Bertz CT molecular complexity index is 1370. The van der Waals surface area contributed by atoms with Gasteiger partial charge in [0.05, 0.1) is 32.3 Å². The van der Waals surface area contributed by atoms with Gasteiger partial charge in [0, 0.05) is 29.2 Å². The van der Waals surface area contributed by atoms with Crippen molar-refractivity contribution in [1.29, 1.82) is 0 Å². The smallest absolute Gasteiger partial charge is 0.306 e. The molecule has 0 saturated carbocycles. The number of hydrogen-bond donors (Lipinski definition) is 2. The van der Waals surface area contributed by atoms with Crippen LogP contribution in [-0.2, 0) is 16.0 Å². The average molecular weight is 434 g/mol. The summed E-state index contributed by atoms with van der Waals surface area (Å²) in [4.78, 5) is 38.4. The lowest BCUT2D eigenvalue weighted by molar-refractivity contribution is -0.140. The maximum absolute atomic E-state index is 13.4. The number of H-pyrrole nitrogens is 2. The molecule has 4 rings (SSSR count). The molecule has 0 amide bonds. The Kier molecular flexibility index (Phi) is 5.93. The van der Waals surface area contributed by atoms with E-state index in [1.165, 1.54) is 20.5 Å². The van der Waals surface area contributed by atoms with E-state index in [0.717, 1.165) is 5.56 Å². The van der Waals surface area contributed by atoms with Crippen LogP contribution in [0.1, 0.15) is 34.7 Å². The minimum Gasteiger partial charge on any atom is -0.497 e. The maximum Gasteiger partial charge on any atom is 0.306 e. The monoisotopic (exact) mass is 434 g/mol. The van der Waals surface area contributed by atoms with Crippen molar-refractivity contribution in [3.05, 3.63) is 97.8 Å². The van der Waals surface area contributed by atoms with Gasteiger partial charge < -0.3 is 19.0 Å². The van der Waals surface area contributed by atoms with Gasteiger partial charge in [0.1, 0.15) is 11.3 Å². The fourth-order valence-electron chi connectivity index (χ4n) is 3.82. The van der Waals surface area contributed by atoms with Gasteiger partial charge in [-0.1, -0.05) is 30.3 Å². The summed E-state index contributed by atoms with van der Waals surface area (Å²) in [5, 5.41) is 5.78. The number of hydrogen-bond acceptors (Lipinski definition) is 6. The number of methoxy groups -OCH3 is 2. The summed E-state index contributed by atoms with van der Waals surface area (Å²) in [6.45, 7) is 0. The van der Waals surface area contributed by atoms with Crippen molar-refractivity contribution < 1.29 is 18.7 Å². The molecule has 2 heterocycles. The van der Waals surface area contributed by atoms with Crippen LogP contribution in [-0.4, -0.2) is 30.4 Å². The molecule has 0 aliphatic rings. The Morgan fingerprint density at radius 1 is 1.06 bits per heavy atom. The number of aromatic amines is 2. The number of fused-ring (bicyclic) bond motifs is 1. The van der Waals surface area contributed by atoms with Gasteiger partial charge in [0.2, 0.25) is 0 Å². The van der Waals surface area contributed by atoms with E-state index in [-0.39, 0.29) is 17.4 Å². The molecule has 2 aromatic heterocycles. The molecule has 0 saturated heterocycles. The molecule has 164 valence electrons. The normalized spacial score (nSPS) is 11.9. The lowest BCUT2D eigenvalue weighted by atomic mass is 9.87. The molecule has 32 heavy (non-hydrogen) atoms. The maximum atomic E-state index is 13.4. The lowest BCUT2D eigenvalue weighted by Crippen LogP contribution is -2.23. The van der Waals surface area contributed by atoms with Crippen molar-refractivity contribution in [2.24, 2.45) is 0 Å². The van der Waals surface area contributed by atoms with Crippen LogP contribution in [0.5, 0.6) is 5.75 Å². The zero-order chi connectivity index (χ0) is 22.7. The summed E-state index contributed by atoms with van der Waals surface area (Å²) >= 11 is 0. The number of nitrogens with one attached hydrogen (secondary N) is 2. The molecule has 0 aliphatic carbocycles. The highest BCUT2D eigenvalue weighted by Crippen LogP contribution is 2.29. The van der Waals surface area contributed by atoms with Crippen molar-refractivity contribution in [2.75, 3.05) is 14.2 Å². The van der Waals surface area contributed by atoms with Crippen LogP contribution in [0.4, 0.5) is 0 Å². The third kappa shape index (κ3) is 4.07. The number of rotatable bonds is 7. The van der Waals surface area contributed by atoms with Gasteiger partial charge >= 0.3 is 5.97 Å². The van der Waals surface area contributed by atoms with E-state index in [1.807, 2.05) is 30.3 Å². The number of benzene rings is 2. The second-order valence-corrected chi connectivity index (χ2v) is 7.35. The van der Waals surface area contributed by atoms with E-state index in [9.17, 15) is 14.4 Å². The minimum atomic E-state index is -0.858. The summed E-state index contributed by atoms with van der Waals surface area (Å²) in [6, 6.07) is 14.5. The third-order valence-corrected chi connectivity index (χ3v) is 5.45. The topological polar surface area (TPSA) is 114 Å². The standard InChI is InChI=1S/C24H22N2O6/c1-30-15-8-9-20-17(11-15)23(28)18(13-32-20)16(12-21(27)31-2)22-19(25-26-24(22)29)10-14-6-4-3-5-7-14/h3-9,11,13,16H,10,12H2,1-2H3,(H2,25,26,29)/t16-/m1/s1. The number of carbonyl (C=O) groups excluding carboxylic acids is 1. The predicted octanol–water partition coefficient (Wildman–Crippen LogP) is 3.10. The first-order valence-corrected chi connectivity index (χ1v) is 10.0. The van der Waals surface area contributed by atoms with Crippen LogP contribution in [0, 0.1) is 0 Å². The lowest BCUT2D eigenvalue weighted by Gasteiger charge is -2.16. The molecule has 8 nitrogen and oxygen atoms in total. The molecule has 0 unspecified atom stereocenters. The summed E-state index contributed by atoms with van der Waals surface area (Å²) in [7, 11) is 2.77. The van der Waals surface area contributed by atoms with Crippen LogP contribution in [0.15, 0.2) is 68.8 Å². The van der Waals surface area contributed by atoms with Crippen LogP contribution in [0.2, 0.25) is 0 Å². The summed E-state index contributed by atoms with van der Waals surface area (Å²) in [5.41, 5.74) is 1.67. The van der Waals surface area contributed by atoms with E-state index < -0.39 is 17.4 Å². The first-order chi connectivity index (χ1) is 15.5. The summed E-state index contributed by atoms with van der Waals surface area (Å²) in [6.07, 6.45) is 1.53. The highest BCUT2D eigenvalue weighted by Gasteiger charge is 2.29. The molecule has 8 heteroatoms. The quantitative estimate of drug-likeness (QED) is 0.432. The van der Waals surface area contributed by atoms with Gasteiger partial charge in [-0.2, -0.15) is 0 Å². The Balaban J connectivity index is 1.88. The average Bonchev–Trinajstić information content (AvgIpc) is 3.18. The van der Waals surface area contributed by atoms with Gasteiger partial charge in [-0.3, -0.25) is 19.5 Å². The first-order valence-electron chi connectivity index (χ1n) is 10.0. The van der Waals surface area contributed by atoms with E-state index in [2.05, 4.69) is 10.2 Å². The zero-order valence-electron chi connectivity index (χ0n) is 17.6. The highest BCUT2D eigenvalue weighted by atomic mass is 16.5. The molecule has 2 aromatic carbocycles. The van der Waals surface area contributed by atoms with Crippen LogP contribution < -0.4 is 15.7 Å². The van der Waals surface area contributed by atoms with Gasteiger partial charge in [-0.05, 0) is 23.8 Å². The summed E-state index contributed by atoms with van der Waals surface area (Å²) < 4.78 is 15.8. The molecule has 0 bridgehead atoms. The van der Waals surface area contributed by atoms with Gasteiger partial charge in [-0.15, -0.1) is 0 Å². The SMILES string of the molecule is COC(=O)C[C@@H](c1c(Cc2ccccc2)[nH][nH]c1=O)c1coc2ccc(OC)cc2c1=O. The van der Waals surface area contributed by atoms with E-state index in [0.29, 0.717) is 34.4 Å². The Hall–Kier alpha value is -4.07. The fourth-order valence-corrected chi connectivity index (χ4v) is 3.82. The van der Waals surface area contributed by atoms with Crippen molar-refractivity contribution in [2.45, 2.75) is 18.8 Å². The number of esters is 1. The zero-order valence-corrected chi connectivity index (χ0v) is 17.6. The Morgan fingerprint density at radius 3 is 2.56 bits per heavy atom. The number of ether oxygens (including phenoxy) is 2. The van der Waals surface area contributed by atoms with Crippen LogP contribution in [0.3, 0.4) is 0 Å². The van der Waals surface area contributed by atoms with Gasteiger partial charge in [0.25, 0.3) is 5.56 Å². The van der Waals surface area contributed by atoms with Crippen LogP contribution >= 0.6 is 0 Å². The molecule has 4 aromatic rings. The van der Waals surface area contributed by atoms with E-state index in [1.54, 1.807) is 18.2 Å². The summed E-state index contributed by atoms with van der Waals surface area (Å²) in [5.74, 6) is -0.912. The molecule has 0 fully saturated rings. The fraction of sp³-hybridized carbons (Fsp3) is 0.208. The number of aromatic nitrogens is 2. The molecule has 0 spiro atoms. The Labute approximate surface area is 182 Å².